The molecule has 2 rings (SSSR count). The maximum atomic E-state index is 13.9. The van der Waals surface area contributed by atoms with Crippen LogP contribution in [0.5, 0.6) is 0 Å². The SMILES string of the molecule is C=C(C)C(=C)/C=C(\C)c1ccc(-c2ccc(C(C)(C)F)cc2)cc1. The zero-order valence-corrected chi connectivity index (χ0v) is 15.0. The Morgan fingerprint density at radius 3 is 1.75 bits per heavy atom. The van der Waals surface area contributed by atoms with E-state index in [0.29, 0.717) is 5.56 Å². The van der Waals surface area contributed by atoms with Crippen LogP contribution >= 0.6 is 0 Å². The molecule has 124 valence electrons. The van der Waals surface area contributed by atoms with E-state index in [-0.39, 0.29) is 0 Å². The summed E-state index contributed by atoms with van der Waals surface area (Å²) in [5, 5.41) is 0. The largest absolute Gasteiger partial charge is 0.239 e. The van der Waals surface area contributed by atoms with Gasteiger partial charge < -0.3 is 0 Å². The predicted molar refractivity (Wildman–Crippen MR) is 104 cm³/mol. The van der Waals surface area contributed by atoms with Crippen LogP contribution in [0.25, 0.3) is 16.7 Å². The van der Waals surface area contributed by atoms with Crippen LogP contribution in [0.2, 0.25) is 0 Å². The third-order valence-electron chi connectivity index (χ3n) is 4.18. The van der Waals surface area contributed by atoms with Crippen molar-refractivity contribution in [1.29, 1.82) is 0 Å². The highest BCUT2D eigenvalue weighted by molar-refractivity contribution is 5.71. The third-order valence-corrected chi connectivity index (χ3v) is 4.18. The summed E-state index contributed by atoms with van der Waals surface area (Å²) in [4.78, 5) is 0. The average Bonchev–Trinajstić information content (AvgIpc) is 2.54. The summed E-state index contributed by atoms with van der Waals surface area (Å²) in [6.45, 7) is 15.1. The Balaban J connectivity index is 2.23. The standard InChI is InChI=1S/C23H25F/c1-16(2)17(3)15-18(4)19-7-9-20(10-8-19)21-11-13-22(14-12-21)23(5,6)24/h7-15H,1,3H2,2,4-6H3/b18-15+. The molecule has 0 aliphatic heterocycles. The number of benzene rings is 2. The van der Waals surface area contributed by atoms with Crippen molar-refractivity contribution in [3.63, 3.8) is 0 Å². The van der Waals surface area contributed by atoms with Gasteiger partial charge >= 0.3 is 0 Å². The quantitative estimate of drug-likeness (QED) is 0.516. The van der Waals surface area contributed by atoms with Gasteiger partial charge in [-0.05, 0) is 61.1 Å². The van der Waals surface area contributed by atoms with Gasteiger partial charge in [0.15, 0.2) is 0 Å². The molecule has 0 radical (unpaired) electrons. The summed E-state index contributed by atoms with van der Waals surface area (Å²) in [6, 6.07) is 16.0. The lowest BCUT2D eigenvalue weighted by atomic mass is 9.95. The summed E-state index contributed by atoms with van der Waals surface area (Å²) in [5.41, 5.74) is 5.82. The lowest BCUT2D eigenvalue weighted by molar-refractivity contribution is 0.221. The molecule has 1 heteroatoms. The minimum atomic E-state index is -1.31. The Morgan fingerprint density at radius 1 is 0.875 bits per heavy atom. The van der Waals surface area contributed by atoms with Crippen LogP contribution in [0.1, 0.15) is 38.8 Å². The van der Waals surface area contributed by atoms with Crippen LogP contribution in [-0.4, -0.2) is 0 Å². The van der Waals surface area contributed by atoms with E-state index in [2.05, 4.69) is 50.4 Å². The summed E-state index contributed by atoms with van der Waals surface area (Å²) in [6.07, 6.45) is 2.05. The van der Waals surface area contributed by atoms with Crippen molar-refractivity contribution in [3.8, 4) is 11.1 Å². The molecule has 0 saturated heterocycles. The molecular weight excluding hydrogens is 295 g/mol. The molecule has 0 bridgehead atoms. The molecule has 0 aliphatic rings. The fourth-order valence-corrected chi connectivity index (χ4v) is 2.45. The van der Waals surface area contributed by atoms with Gasteiger partial charge in [0.25, 0.3) is 0 Å². The van der Waals surface area contributed by atoms with E-state index in [4.69, 9.17) is 0 Å². The van der Waals surface area contributed by atoms with Gasteiger partial charge in [-0.2, -0.15) is 0 Å². The van der Waals surface area contributed by atoms with Crippen molar-refractivity contribution in [2.24, 2.45) is 0 Å². The Hall–Kier alpha value is -2.41. The molecule has 0 heterocycles. The van der Waals surface area contributed by atoms with Gasteiger partial charge in [-0.15, -0.1) is 0 Å². The van der Waals surface area contributed by atoms with Crippen LogP contribution in [0.3, 0.4) is 0 Å². The first-order chi connectivity index (χ1) is 11.2. The van der Waals surface area contributed by atoms with Crippen LogP contribution in [-0.2, 0) is 5.67 Å². The average molecular weight is 320 g/mol. The van der Waals surface area contributed by atoms with E-state index in [0.717, 1.165) is 33.4 Å². The molecular formula is C23H25F. The molecule has 0 atom stereocenters. The number of rotatable bonds is 5. The van der Waals surface area contributed by atoms with Crippen LogP contribution in [0.4, 0.5) is 4.39 Å². The van der Waals surface area contributed by atoms with Crippen molar-refractivity contribution in [2.75, 3.05) is 0 Å². The number of allylic oxidation sites excluding steroid dienone is 4. The van der Waals surface area contributed by atoms with E-state index >= 15 is 0 Å². The van der Waals surface area contributed by atoms with E-state index in [1.807, 2.05) is 31.2 Å². The van der Waals surface area contributed by atoms with Gasteiger partial charge in [0.05, 0.1) is 0 Å². The smallest absolute Gasteiger partial charge is 0.130 e. The molecule has 0 saturated carbocycles. The molecule has 0 nitrogen and oxygen atoms in total. The predicted octanol–water partition coefficient (Wildman–Crippen LogP) is 7.09. The highest BCUT2D eigenvalue weighted by atomic mass is 19.1. The Labute approximate surface area is 145 Å². The fourth-order valence-electron chi connectivity index (χ4n) is 2.45. The Morgan fingerprint density at radius 2 is 1.33 bits per heavy atom. The molecule has 0 fully saturated rings. The summed E-state index contributed by atoms with van der Waals surface area (Å²) in [7, 11) is 0. The highest BCUT2D eigenvalue weighted by Crippen LogP contribution is 2.28. The van der Waals surface area contributed by atoms with Crippen LogP contribution < -0.4 is 0 Å². The second-order valence-electron chi connectivity index (χ2n) is 6.76. The molecule has 0 N–H and O–H groups in total. The number of hydrogen-bond donors (Lipinski definition) is 0. The van der Waals surface area contributed by atoms with Crippen molar-refractivity contribution in [3.05, 3.63) is 90.0 Å². The second-order valence-corrected chi connectivity index (χ2v) is 6.76. The number of hydrogen-bond acceptors (Lipinski definition) is 0. The summed E-state index contributed by atoms with van der Waals surface area (Å²) >= 11 is 0. The number of alkyl halides is 1. The first kappa shape index (κ1) is 17.9. The zero-order chi connectivity index (χ0) is 17.9. The Bertz CT molecular complexity index is 766. The number of halogens is 1. The molecule has 2 aromatic rings. The van der Waals surface area contributed by atoms with Crippen LogP contribution in [0.15, 0.2) is 78.9 Å². The first-order valence-corrected chi connectivity index (χ1v) is 8.12. The molecule has 0 spiro atoms. The third kappa shape index (κ3) is 4.32. The Kier molecular flexibility index (Phi) is 5.23. The van der Waals surface area contributed by atoms with Gasteiger partial charge in [-0.25, -0.2) is 4.39 Å². The maximum Gasteiger partial charge on any atom is 0.130 e. The maximum absolute atomic E-state index is 13.9. The van der Waals surface area contributed by atoms with Gasteiger partial charge in [0.1, 0.15) is 5.67 Å². The van der Waals surface area contributed by atoms with Gasteiger partial charge in [-0.3, -0.25) is 0 Å². The monoisotopic (exact) mass is 320 g/mol. The van der Waals surface area contributed by atoms with Crippen molar-refractivity contribution in [1.82, 2.24) is 0 Å². The second kappa shape index (κ2) is 7.00. The lowest BCUT2D eigenvalue weighted by Gasteiger charge is -2.15. The topological polar surface area (TPSA) is 0 Å². The molecule has 24 heavy (non-hydrogen) atoms. The minimum Gasteiger partial charge on any atom is -0.239 e. The van der Waals surface area contributed by atoms with E-state index in [1.54, 1.807) is 13.8 Å². The first-order valence-electron chi connectivity index (χ1n) is 8.12. The van der Waals surface area contributed by atoms with Gasteiger partial charge in [0.2, 0.25) is 0 Å². The molecule has 2 aromatic carbocycles. The van der Waals surface area contributed by atoms with Gasteiger partial charge in [-0.1, -0.05) is 73.3 Å². The lowest BCUT2D eigenvalue weighted by Crippen LogP contribution is -2.08. The van der Waals surface area contributed by atoms with E-state index in [9.17, 15) is 4.39 Å². The van der Waals surface area contributed by atoms with Crippen molar-refractivity contribution < 1.29 is 4.39 Å². The van der Waals surface area contributed by atoms with Gasteiger partial charge in [0, 0.05) is 0 Å². The molecule has 0 unspecified atom stereocenters. The fraction of sp³-hybridized carbons (Fsp3) is 0.217. The van der Waals surface area contributed by atoms with Crippen LogP contribution in [0, 0.1) is 0 Å². The van der Waals surface area contributed by atoms with E-state index in [1.165, 1.54) is 0 Å². The minimum absolute atomic E-state index is 0.694. The molecule has 0 aromatic heterocycles. The van der Waals surface area contributed by atoms with E-state index < -0.39 is 5.67 Å². The normalized spacial score (nSPS) is 12.1. The highest BCUT2D eigenvalue weighted by Gasteiger charge is 2.18. The molecule has 0 aliphatic carbocycles. The molecule has 0 amide bonds. The summed E-state index contributed by atoms with van der Waals surface area (Å²) in [5.74, 6) is 0. The zero-order valence-electron chi connectivity index (χ0n) is 15.0. The van der Waals surface area contributed by atoms with Crippen molar-refractivity contribution in [2.45, 2.75) is 33.4 Å². The van der Waals surface area contributed by atoms with Crippen molar-refractivity contribution >= 4 is 5.57 Å². The summed E-state index contributed by atoms with van der Waals surface area (Å²) < 4.78 is 13.9.